The summed E-state index contributed by atoms with van der Waals surface area (Å²) in [6.07, 6.45) is 5.26. The summed E-state index contributed by atoms with van der Waals surface area (Å²) in [5, 5.41) is 22.6. The van der Waals surface area contributed by atoms with Gasteiger partial charge >= 0.3 is 0 Å². The SMILES string of the molecule is Cc1ccc(Cl)c(OCC2(O)CCN(CC3(O)CCC(C(C)(C)C)CC3)CC2)c1. The molecule has 5 heteroatoms. The number of piperidine rings is 1. The number of likely N-dealkylation sites (tertiary alicyclic amines) is 1. The van der Waals surface area contributed by atoms with Crippen LogP contribution in [0.2, 0.25) is 5.02 Å². The van der Waals surface area contributed by atoms with Crippen LogP contribution < -0.4 is 4.74 Å². The average molecular weight is 424 g/mol. The Balaban J connectivity index is 1.47. The largest absolute Gasteiger partial charge is 0.489 e. The summed E-state index contributed by atoms with van der Waals surface area (Å²) in [6, 6.07) is 5.68. The van der Waals surface area contributed by atoms with Gasteiger partial charge in [0.1, 0.15) is 18.0 Å². The van der Waals surface area contributed by atoms with Gasteiger partial charge in [0.05, 0.1) is 10.6 Å². The Morgan fingerprint density at radius 3 is 2.28 bits per heavy atom. The maximum absolute atomic E-state index is 11.1. The number of rotatable bonds is 5. The zero-order valence-corrected chi connectivity index (χ0v) is 19.3. The fraction of sp³-hybridized carbons (Fsp3) is 0.750. The predicted molar refractivity (Wildman–Crippen MR) is 119 cm³/mol. The molecule has 0 aromatic heterocycles. The standard InChI is InChI=1S/C24H38ClNO3/c1-18-5-6-20(25)21(15-18)29-17-24(28)11-13-26(14-12-24)16-23(27)9-7-19(8-10-23)22(2,3)4/h5-6,15,19,27-28H,7-14,16-17H2,1-4H3. The third kappa shape index (κ3) is 6.10. The predicted octanol–water partition coefficient (Wildman–Crippen LogP) is 4.82. The molecule has 2 fully saturated rings. The Morgan fingerprint density at radius 1 is 1.07 bits per heavy atom. The van der Waals surface area contributed by atoms with Gasteiger partial charge in [-0.1, -0.05) is 38.4 Å². The number of benzene rings is 1. The van der Waals surface area contributed by atoms with E-state index in [2.05, 4.69) is 25.7 Å². The van der Waals surface area contributed by atoms with Crippen LogP contribution in [-0.2, 0) is 0 Å². The molecule has 1 aliphatic carbocycles. The summed E-state index contributed by atoms with van der Waals surface area (Å²) in [6.45, 7) is 11.4. The highest BCUT2D eigenvalue weighted by Crippen LogP contribution is 2.42. The lowest BCUT2D eigenvalue weighted by molar-refractivity contribution is -0.0844. The van der Waals surface area contributed by atoms with E-state index in [1.807, 2.05) is 25.1 Å². The second-order valence-corrected chi connectivity index (χ2v) is 11.0. The summed E-state index contributed by atoms with van der Waals surface area (Å²) in [4.78, 5) is 2.31. The summed E-state index contributed by atoms with van der Waals surface area (Å²) in [5.74, 6) is 1.33. The van der Waals surface area contributed by atoms with Crippen molar-refractivity contribution in [2.24, 2.45) is 11.3 Å². The van der Waals surface area contributed by atoms with Crippen LogP contribution in [0.4, 0.5) is 0 Å². The van der Waals surface area contributed by atoms with E-state index in [-0.39, 0.29) is 6.61 Å². The Morgan fingerprint density at radius 2 is 1.69 bits per heavy atom. The van der Waals surface area contributed by atoms with Crippen LogP contribution in [0.25, 0.3) is 0 Å². The second-order valence-electron chi connectivity index (χ2n) is 10.6. The molecule has 3 rings (SSSR count). The molecule has 29 heavy (non-hydrogen) atoms. The molecule has 0 atom stereocenters. The Bertz CT molecular complexity index is 684. The van der Waals surface area contributed by atoms with Gasteiger partial charge in [0.2, 0.25) is 0 Å². The third-order valence-corrected chi connectivity index (χ3v) is 7.34. The minimum atomic E-state index is -0.837. The zero-order valence-electron chi connectivity index (χ0n) is 18.5. The van der Waals surface area contributed by atoms with E-state index in [4.69, 9.17) is 16.3 Å². The highest BCUT2D eigenvalue weighted by atomic mass is 35.5. The van der Waals surface area contributed by atoms with Crippen LogP contribution in [0.3, 0.4) is 0 Å². The van der Waals surface area contributed by atoms with Crippen LogP contribution in [-0.4, -0.2) is 52.6 Å². The van der Waals surface area contributed by atoms with Crippen molar-refractivity contribution in [2.45, 2.75) is 77.4 Å². The van der Waals surface area contributed by atoms with Crippen molar-refractivity contribution in [3.63, 3.8) is 0 Å². The van der Waals surface area contributed by atoms with Crippen molar-refractivity contribution in [1.29, 1.82) is 0 Å². The molecule has 1 saturated heterocycles. The topological polar surface area (TPSA) is 52.9 Å². The maximum Gasteiger partial charge on any atom is 0.138 e. The van der Waals surface area contributed by atoms with Crippen molar-refractivity contribution >= 4 is 11.6 Å². The van der Waals surface area contributed by atoms with Crippen LogP contribution in [0.5, 0.6) is 5.75 Å². The maximum atomic E-state index is 11.1. The van der Waals surface area contributed by atoms with E-state index < -0.39 is 11.2 Å². The monoisotopic (exact) mass is 423 g/mol. The lowest BCUT2D eigenvalue weighted by Crippen LogP contribution is -2.53. The molecule has 0 unspecified atom stereocenters. The van der Waals surface area contributed by atoms with Crippen molar-refractivity contribution in [3.05, 3.63) is 28.8 Å². The lowest BCUT2D eigenvalue weighted by Gasteiger charge is -2.45. The molecule has 164 valence electrons. The third-order valence-electron chi connectivity index (χ3n) is 7.03. The van der Waals surface area contributed by atoms with Gasteiger partial charge < -0.3 is 19.8 Å². The number of aliphatic hydroxyl groups is 2. The van der Waals surface area contributed by atoms with Crippen LogP contribution in [0, 0.1) is 18.3 Å². The first kappa shape index (κ1) is 22.9. The molecule has 0 amide bonds. The number of nitrogens with zero attached hydrogens (tertiary/aromatic N) is 1. The molecule has 1 saturated carbocycles. The number of ether oxygens (including phenoxy) is 1. The van der Waals surface area contributed by atoms with E-state index in [0.29, 0.717) is 41.5 Å². The van der Waals surface area contributed by atoms with Gasteiger partial charge in [-0.15, -0.1) is 0 Å². The Labute approximate surface area is 181 Å². The summed E-state index contributed by atoms with van der Waals surface area (Å²) in [7, 11) is 0. The van der Waals surface area contributed by atoms with Gasteiger partial charge in [0, 0.05) is 19.6 Å². The average Bonchev–Trinajstić information content (AvgIpc) is 2.64. The molecule has 1 heterocycles. The zero-order chi connectivity index (χ0) is 21.3. The van der Waals surface area contributed by atoms with Gasteiger partial charge in [-0.2, -0.15) is 0 Å². The van der Waals surface area contributed by atoms with E-state index in [9.17, 15) is 10.2 Å². The van der Waals surface area contributed by atoms with Gasteiger partial charge in [0.15, 0.2) is 0 Å². The number of β-amino-alcohol motifs (C(OH)–C–C–N with tert-alkyl or cyclic N) is 1. The minimum Gasteiger partial charge on any atom is -0.489 e. The molecule has 0 radical (unpaired) electrons. The molecule has 1 aromatic rings. The van der Waals surface area contributed by atoms with Gasteiger partial charge in [-0.25, -0.2) is 0 Å². The molecular formula is C24H38ClNO3. The molecule has 0 bridgehead atoms. The van der Waals surface area contributed by atoms with E-state index in [0.717, 1.165) is 44.3 Å². The summed E-state index contributed by atoms with van der Waals surface area (Å²) >= 11 is 6.20. The number of halogens is 1. The fourth-order valence-corrected chi connectivity index (χ4v) is 4.97. The molecule has 0 spiro atoms. The molecule has 1 aromatic carbocycles. The minimum absolute atomic E-state index is 0.252. The number of hydrogen-bond donors (Lipinski definition) is 2. The lowest BCUT2D eigenvalue weighted by atomic mass is 9.68. The van der Waals surface area contributed by atoms with Gasteiger partial charge in [-0.05, 0) is 74.5 Å². The fourth-order valence-electron chi connectivity index (χ4n) is 4.80. The highest BCUT2D eigenvalue weighted by Gasteiger charge is 2.40. The summed E-state index contributed by atoms with van der Waals surface area (Å²) < 4.78 is 5.86. The van der Waals surface area contributed by atoms with Crippen LogP contribution >= 0.6 is 11.6 Å². The smallest absolute Gasteiger partial charge is 0.138 e. The first-order chi connectivity index (χ1) is 13.5. The number of aryl methyl sites for hydroxylation is 1. The second kappa shape index (κ2) is 8.74. The van der Waals surface area contributed by atoms with Crippen molar-refractivity contribution in [3.8, 4) is 5.75 Å². The Hall–Kier alpha value is -0.810. The Kier molecular flexibility index (Phi) is 6.89. The quantitative estimate of drug-likeness (QED) is 0.712. The summed E-state index contributed by atoms with van der Waals surface area (Å²) in [5.41, 5.74) is -0.0113. The van der Waals surface area contributed by atoms with Crippen molar-refractivity contribution in [2.75, 3.05) is 26.2 Å². The van der Waals surface area contributed by atoms with Crippen molar-refractivity contribution < 1.29 is 14.9 Å². The van der Waals surface area contributed by atoms with E-state index >= 15 is 0 Å². The van der Waals surface area contributed by atoms with E-state index in [1.54, 1.807) is 0 Å². The molecule has 4 nitrogen and oxygen atoms in total. The molecular weight excluding hydrogens is 386 g/mol. The van der Waals surface area contributed by atoms with Gasteiger partial charge in [-0.3, -0.25) is 0 Å². The van der Waals surface area contributed by atoms with E-state index in [1.165, 1.54) is 0 Å². The van der Waals surface area contributed by atoms with Crippen molar-refractivity contribution in [1.82, 2.24) is 4.90 Å². The molecule has 2 N–H and O–H groups in total. The molecule has 2 aliphatic rings. The highest BCUT2D eigenvalue weighted by molar-refractivity contribution is 6.32. The first-order valence-electron chi connectivity index (χ1n) is 11.0. The van der Waals surface area contributed by atoms with Crippen LogP contribution in [0.1, 0.15) is 64.9 Å². The molecule has 1 aliphatic heterocycles. The normalized spacial score (nSPS) is 28.3. The number of hydrogen-bond acceptors (Lipinski definition) is 4. The van der Waals surface area contributed by atoms with Crippen LogP contribution in [0.15, 0.2) is 18.2 Å². The first-order valence-corrected chi connectivity index (χ1v) is 11.4. The van der Waals surface area contributed by atoms with Gasteiger partial charge in [0.25, 0.3) is 0 Å².